The van der Waals surface area contributed by atoms with Gasteiger partial charge in [-0.2, -0.15) is 0 Å². The van der Waals surface area contributed by atoms with E-state index in [9.17, 15) is 0 Å². The van der Waals surface area contributed by atoms with E-state index >= 15 is 0 Å². The Morgan fingerprint density at radius 3 is 1.95 bits per heavy atom. The predicted octanol–water partition coefficient (Wildman–Crippen LogP) is 12.9. The van der Waals surface area contributed by atoms with Gasteiger partial charge in [-0.05, 0) is 84.4 Å². The molecule has 4 nitrogen and oxygen atoms in total. The fourth-order valence-corrected chi connectivity index (χ4v) is 8.27. The summed E-state index contributed by atoms with van der Waals surface area (Å²) in [5.74, 6) is 1.43. The third-order valence-electron chi connectivity index (χ3n) is 10.9. The molecule has 55 heavy (non-hydrogen) atoms. The van der Waals surface area contributed by atoms with Gasteiger partial charge >= 0.3 is 0 Å². The normalized spacial score (nSPS) is 14.4. The number of aliphatic imine (C=N–C) groups is 2. The Labute approximate surface area is 317 Å². The standard InChI is InChI=1S/C51H33N3O/c1-3-12-32(13-4-1)35-25-29-46-45(31-35)48-44(20-11-21-47(48)55-46)51-53-49(34-15-5-2-6-16-34)52-50(54-51)43-19-10-9-18-39(43)36-23-26-40-37(30-36)24-28-41-38-17-8-7-14-33(38)22-27-42(40)41/h1-31,49H,(H,52,53,54). The van der Waals surface area contributed by atoms with E-state index in [0.29, 0.717) is 5.84 Å². The SMILES string of the molecule is c1ccc(-c2ccc3oc4cccc(C5=NC(c6ccccc6-c6ccc7c(ccc8c9ccccc9ccc78)c6)=NC(c6ccccc6)N5)c4c3c2)cc1. The van der Waals surface area contributed by atoms with Gasteiger partial charge in [0.25, 0.3) is 0 Å². The van der Waals surface area contributed by atoms with Crippen LogP contribution in [0, 0.1) is 0 Å². The molecule has 0 spiro atoms. The molecule has 2 heterocycles. The smallest absolute Gasteiger partial charge is 0.160 e. The van der Waals surface area contributed by atoms with Crippen molar-refractivity contribution in [3.05, 3.63) is 205 Å². The first-order valence-electron chi connectivity index (χ1n) is 18.7. The molecule has 0 radical (unpaired) electrons. The molecule has 1 atom stereocenters. The third kappa shape index (κ3) is 5.30. The van der Waals surface area contributed by atoms with Crippen molar-refractivity contribution in [3.8, 4) is 22.3 Å². The second-order valence-corrected chi connectivity index (χ2v) is 14.2. The lowest BCUT2D eigenvalue weighted by atomic mass is 9.93. The van der Waals surface area contributed by atoms with Crippen LogP contribution in [0.25, 0.3) is 76.5 Å². The maximum absolute atomic E-state index is 6.44. The summed E-state index contributed by atoms with van der Waals surface area (Å²) in [5, 5.41) is 13.3. The monoisotopic (exact) mass is 703 g/mol. The summed E-state index contributed by atoms with van der Waals surface area (Å²) in [4.78, 5) is 10.6. The van der Waals surface area contributed by atoms with Crippen molar-refractivity contribution < 1.29 is 4.42 Å². The molecular weight excluding hydrogens is 671 g/mol. The van der Waals surface area contributed by atoms with Crippen molar-refractivity contribution in [2.75, 3.05) is 0 Å². The minimum atomic E-state index is -0.345. The number of hydrogen-bond donors (Lipinski definition) is 1. The van der Waals surface area contributed by atoms with Gasteiger partial charge in [-0.3, -0.25) is 0 Å². The van der Waals surface area contributed by atoms with Crippen LogP contribution in [0.3, 0.4) is 0 Å². The van der Waals surface area contributed by atoms with Crippen LogP contribution in [0.15, 0.2) is 202 Å². The van der Waals surface area contributed by atoms with Crippen LogP contribution < -0.4 is 5.32 Å². The number of furan rings is 1. The lowest BCUT2D eigenvalue weighted by Crippen LogP contribution is -2.33. The zero-order chi connectivity index (χ0) is 36.3. The van der Waals surface area contributed by atoms with Gasteiger partial charge in [0.1, 0.15) is 23.2 Å². The van der Waals surface area contributed by atoms with Gasteiger partial charge < -0.3 is 9.73 Å². The molecule has 11 rings (SSSR count). The maximum atomic E-state index is 6.44. The quantitative estimate of drug-likeness (QED) is 0.181. The first-order chi connectivity index (χ1) is 27.2. The molecular formula is C51H33N3O. The van der Waals surface area contributed by atoms with Crippen molar-refractivity contribution in [3.63, 3.8) is 0 Å². The zero-order valence-corrected chi connectivity index (χ0v) is 29.8. The summed E-state index contributed by atoms with van der Waals surface area (Å²) in [6.45, 7) is 0. The van der Waals surface area contributed by atoms with Crippen LogP contribution in [-0.2, 0) is 0 Å². The Hall–Kier alpha value is -7.30. The summed E-state index contributed by atoms with van der Waals surface area (Å²) in [5.41, 5.74) is 9.17. The molecule has 1 aromatic heterocycles. The van der Waals surface area contributed by atoms with Gasteiger partial charge in [-0.25, -0.2) is 9.98 Å². The topological polar surface area (TPSA) is 49.9 Å². The van der Waals surface area contributed by atoms with Gasteiger partial charge in [-0.15, -0.1) is 0 Å². The number of benzene rings is 9. The van der Waals surface area contributed by atoms with E-state index in [1.54, 1.807) is 0 Å². The Morgan fingerprint density at radius 1 is 0.418 bits per heavy atom. The number of fused-ring (bicyclic) bond motifs is 8. The van der Waals surface area contributed by atoms with E-state index < -0.39 is 0 Å². The second kappa shape index (κ2) is 12.7. The summed E-state index contributed by atoms with van der Waals surface area (Å²) in [6.07, 6.45) is -0.345. The highest BCUT2D eigenvalue weighted by atomic mass is 16.3. The highest BCUT2D eigenvalue weighted by Gasteiger charge is 2.25. The van der Waals surface area contributed by atoms with Gasteiger partial charge in [-0.1, -0.05) is 164 Å². The third-order valence-corrected chi connectivity index (χ3v) is 10.9. The fraction of sp³-hybridized carbons (Fsp3) is 0.0196. The van der Waals surface area contributed by atoms with Crippen molar-refractivity contribution in [2.45, 2.75) is 6.17 Å². The Kier molecular flexibility index (Phi) is 7.20. The second-order valence-electron chi connectivity index (χ2n) is 14.2. The highest BCUT2D eigenvalue weighted by molar-refractivity contribution is 6.23. The summed E-state index contributed by atoms with van der Waals surface area (Å²) in [6, 6.07) is 66.4. The summed E-state index contributed by atoms with van der Waals surface area (Å²) in [7, 11) is 0. The Morgan fingerprint density at radius 2 is 1.09 bits per heavy atom. The van der Waals surface area contributed by atoms with Gasteiger partial charge in [0.05, 0.1) is 0 Å². The molecule has 1 unspecified atom stereocenters. The van der Waals surface area contributed by atoms with E-state index in [4.69, 9.17) is 14.4 Å². The van der Waals surface area contributed by atoms with Crippen LogP contribution >= 0.6 is 0 Å². The molecule has 9 aromatic carbocycles. The molecule has 10 aromatic rings. The largest absolute Gasteiger partial charge is 0.456 e. The van der Waals surface area contributed by atoms with E-state index in [-0.39, 0.29) is 6.17 Å². The van der Waals surface area contributed by atoms with Crippen LogP contribution in [0.1, 0.15) is 22.9 Å². The van der Waals surface area contributed by atoms with Gasteiger partial charge in [0.15, 0.2) is 5.84 Å². The van der Waals surface area contributed by atoms with Crippen molar-refractivity contribution in [1.82, 2.24) is 5.32 Å². The molecule has 258 valence electrons. The molecule has 0 amide bonds. The average molecular weight is 704 g/mol. The van der Waals surface area contributed by atoms with E-state index in [2.05, 4.69) is 169 Å². The highest BCUT2D eigenvalue weighted by Crippen LogP contribution is 2.38. The lowest BCUT2D eigenvalue weighted by molar-refractivity contribution is 0.668. The van der Waals surface area contributed by atoms with Gasteiger partial charge in [0.2, 0.25) is 0 Å². The lowest BCUT2D eigenvalue weighted by Gasteiger charge is -2.24. The number of nitrogens with zero attached hydrogens (tertiary/aromatic N) is 2. The molecule has 1 aliphatic rings. The minimum Gasteiger partial charge on any atom is -0.456 e. The van der Waals surface area contributed by atoms with E-state index in [1.165, 1.54) is 32.3 Å². The number of hydrogen-bond acceptors (Lipinski definition) is 4. The number of rotatable bonds is 5. The minimum absolute atomic E-state index is 0.345. The molecule has 4 heteroatoms. The van der Waals surface area contributed by atoms with Crippen molar-refractivity contribution >= 4 is 65.9 Å². The van der Waals surface area contributed by atoms with Crippen LogP contribution in [-0.4, -0.2) is 11.7 Å². The molecule has 1 aliphatic heterocycles. The number of nitrogens with one attached hydrogen (secondary N) is 1. The molecule has 0 fully saturated rings. The zero-order valence-electron chi connectivity index (χ0n) is 29.8. The van der Waals surface area contributed by atoms with Gasteiger partial charge in [0, 0.05) is 21.9 Å². The van der Waals surface area contributed by atoms with Crippen LogP contribution in [0.4, 0.5) is 0 Å². The Balaban J connectivity index is 1.07. The first kappa shape index (κ1) is 31.2. The molecule has 1 N–H and O–H groups in total. The van der Waals surface area contributed by atoms with E-state index in [1.807, 2.05) is 24.3 Å². The first-order valence-corrected chi connectivity index (χ1v) is 18.7. The van der Waals surface area contributed by atoms with Crippen molar-refractivity contribution in [2.24, 2.45) is 9.98 Å². The average Bonchev–Trinajstić information content (AvgIpc) is 3.65. The summed E-state index contributed by atoms with van der Waals surface area (Å²) < 4.78 is 6.44. The number of amidine groups is 2. The fourth-order valence-electron chi connectivity index (χ4n) is 8.27. The van der Waals surface area contributed by atoms with Crippen molar-refractivity contribution in [1.29, 1.82) is 0 Å². The predicted molar refractivity (Wildman–Crippen MR) is 229 cm³/mol. The molecule has 0 saturated carbocycles. The summed E-state index contributed by atoms with van der Waals surface area (Å²) >= 11 is 0. The molecule has 0 aliphatic carbocycles. The molecule has 0 saturated heterocycles. The van der Waals surface area contributed by atoms with Crippen LogP contribution in [0.5, 0.6) is 0 Å². The van der Waals surface area contributed by atoms with Crippen LogP contribution in [0.2, 0.25) is 0 Å². The maximum Gasteiger partial charge on any atom is 0.160 e. The molecule has 0 bridgehead atoms. The van der Waals surface area contributed by atoms with E-state index in [0.717, 1.165) is 66.7 Å². The Bertz CT molecular complexity index is 3180.